The predicted molar refractivity (Wildman–Crippen MR) is 87.4 cm³/mol. The molecule has 1 aliphatic heterocycles. The van der Waals surface area contributed by atoms with E-state index in [2.05, 4.69) is 5.32 Å². The third-order valence-corrected chi connectivity index (χ3v) is 5.12. The van der Waals surface area contributed by atoms with E-state index >= 15 is 0 Å². The fourth-order valence-corrected chi connectivity index (χ4v) is 4.03. The van der Waals surface area contributed by atoms with Crippen LogP contribution in [0, 0.1) is 17.2 Å². The first-order valence-corrected chi connectivity index (χ1v) is 7.82. The highest BCUT2D eigenvalue weighted by atomic mass is 35.5. The highest BCUT2D eigenvalue weighted by Gasteiger charge is 2.50. The maximum atomic E-state index is 13.3. The molecule has 3 rings (SSSR count). The minimum absolute atomic E-state index is 0. The summed E-state index contributed by atoms with van der Waals surface area (Å²) in [5.74, 6) is 0.444. The topological polar surface area (TPSA) is 32.3 Å². The number of hydrogen-bond donors (Lipinski definition) is 1. The Balaban J connectivity index is 0.00000176. The zero-order chi connectivity index (χ0) is 14.9. The Hall–Kier alpha value is -1.13. The summed E-state index contributed by atoms with van der Waals surface area (Å²) in [4.78, 5) is 14.8. The standard InChI is InChI=1S/C17H23FN2O.ClH/c1-20(11-13-5-4-7-15(18)9-13)16(21)17-8-3-2-6-14(17)10-19-12-17;/h4-5,7,9,14,19H,2-3,6,8,10-12H2,1H3;1H/t14-,17+;/m0./s1. The van der Waals surface area contributed by atoms with Crippen molar-refractivity contribution in [1.29, 1.82) is 0 Å². The summed E-state index contributed by atoms with van der Waals surface area (Å²) >= 11 is 0. The summed E-state index contributed by atoms with van der Waals surface area (Å²) in [5.41, 5.74) is 0.626. The molecule has 1 saturated heterocycles. The van der Waals surface area contributed by atoms with Gasteiger partial charge in [0.1, 0.15) is 5.82 Å². The Kier molecular flexibility index (Phi) is 5.45. The molecule has 0 radical (unpaired) electrons. The van der Waals surface area contributed by atoms with Crippen molar-refractivity contribution in [3.8, 4) is 0 Å². The fourth-order valence-electron chi connectivity index (χ4n) is 4.03. The van der Waals surface area contributed by atoms with Gasteiger partial charge in [-0.3, -0.25) is 4.79 Å². The fraction of sp³-hybridized carbons (Fsp3) is 0.588. The first-order valence-electron chi connectivity index (χ1n) is 7.82. The van der Waals surface area contributed by atoms with E-state index < -0.39 is 0 Å². The van der Waals surface area contributed by atoms with E-state index in [1.165, 1.54) is 18.6 Å². The van der Waals surface area contributed by atoms with Crippen LogP contribution in [-0.4, -0.2) is 30.9 Å². The van der Waals surface area contributed by atoms with Crippen molar-refractivity contribution in [1.82, 2.24) is 10.2 Å². The summed E-state index contributed by atoms with van der Waals surface area (Å²) in [5, 5.41) is 3.41. The van der Waals surface area contributed by atoms with Crippen molar-refractivity contribution >= 4 is 18.3 Å². The highest BCUT2D eigenvalue weighted by molar-refractivity contribution is 5.85. The van der Waals surface area contributed by atoms with Crippen molar-refractivity contribution in [2.24, 2.45) is 11.3 Å². The molecular formula is C17H24ClFN2O. The molecule has 2 fully saturated rings. The van der Waals surface area contributed by atoms with Gasteiger partial charge in [0.05, 0.1) is 5.41 Å². The summed E-state index contributed by atoms with van der Waals surface area (Å²) < 4.78 is 13.3. The monoisotopic (exact) mass is 326 g/mol. The average molecular weight is 327 g/mol. The van der Waals surface area contributed by atoms with Gasteiger partial charge in [-0.15, -0.1) is 12.4 Å². The minimum atomic E-state index is -0.246. The third kappa shape index (κ3) is 3.13. The summed E-state index contributed by atoms with van der Waals surface area (Å²) in [7, 11) is 1.84. The Bertz CT molecular complexity index is 539. The van der Waals surface area contributed by atoms with Gasteiger partial charge >= 0.3 is 0 Å². The number of carbonyl (C=O) groups excluding carboxylic acids is 1. The van der Waals surface area contributed by atoms with Crippen molar-refractivity contribution in [2.75, 3.05) is 20.1 Å². The van der Waals surface area contributed by atoms with Crippen LogP contribution < -0.4 is 5.32 Å². The maximum absolute atomic E-state index is 13.3. The van der Waals surface area contributed by atoms with Crippen LogP contribution in [0.3, 0.4) is 0 Å². The largest absolute Gasteiger partial charge is 0.341 e. The quantitative estimate of drug-likeness (QED) is 0.926. The van der Waals surface area contributed by atoms with Crippen LogP contribution >= 0.6 is 12.4 Å². The zero-order valence-electron chi connectivity index (χ0n) is 13.0. The molecule has 1 aromatic rings. The zero-order valence-corrected chi connectivity index (χ0v) is 13.8. The number of halogens is 2. The van der Waals surface area contributed by atoms with E-state index in [9.17, 15) is 9.18 Å². The van der Waals surface area contributed by atoms with Gasteiger partial charge in [0.2, 0.25) is 5.91 Å². The van der Waals surface area contributed by atoms with E-state index in [1.54, 1.807) is 11.0 Å². The molecular weight excluding hydrogens is 303 g/mol. The van der Waals surface area contributed by atoms with Crippen LogP contribution in [0.5, 0.6) is 0 Å². The van der Waals surface area contributed by atoms with Crippen molar-refractivity contribution in [2.45, 2.75) is 32.2 Å². The normalized spacial score (nSPS) is 26.9. The second-order valence-corrected chi connectivity index (χ2v) is 6.52. The first kappa shape index (κ1) is 17.2. The number of amides is 1. The lowest BCUT2D eigenvalue weighted by Gasteiger charge is -2.39. The van der Waals surface area contributed by atoms with Gasteiger partial charge in [-0.25, -0.2) is 4.39 Å². The van der Waals surface area contributed by atoms with Crippen LogP contribution in [0.15, 0.2) is 24.3 Å². The molecule has 0 unspecified atom stereocenters. The van der Waals surface area contributed by atoms with Crippen molar-refractivity contribution < 1.29 is 9.18 Å². The van der Waals surface area contributed by atoms with Crippen LogP contribution in [0.1, 0.15) is 31.2 Å². The second kappa shape index (κ2) is 6.97. The third-order valence-electron chi connectivity index (χ3n) is 5.12. The average Bonchev–Trinajstić information content (AvgIpc) is 2.91. The van der Waals surface area contributed by atoms with E-state index in [0.29, 0.717) is 12.5 Å². The summed E-state index contributed by atoms with van der Waals surface area (Å²) in [6.07, 6.45) is 4.50. The SMILES string of the molecule is CN(Cc1cccc(F)c1)C(=O)[C@@]12CCCC[C@H]1CNC2.Cl. The lowest BCUT2D eigenvalue weighted by atomic mass is 9.67. The van der Waals surface area contributed by atoms with Crippen LogP contribution in [-0.2, 0) is 11.3 Å². The second-order valence-electron chi connectivity index (χ2n) is 6.52. The lowest BCUT2D eigenvalue weighted by Crippen LogP contribution is -2.48. The van der Waals surface area contributed by atoms with Gasteiger partial charge in [0.25, 0.3) is 0 Å². The Morgan fingerprint density at radius 2 is 2.27 bits per heavy atom. The van der Waals surface area contributed by atoms with Gasteiger partial charge in [-0.05, 0) is 43.0 Å². The highest BCUT2D eigenvalue weighted by Crippen LogP contribution is 2.45. The molecule has 5 heteroatoms. The molecule has 0 aromatic heterocycles. The van der Waals surface area contributed by atoms with Gasteiger partial charge in [0.15, 0.2) is 0 Å². The van der Waals surface area contributed by atoms with Gasteiger partial charge in [-0.1, -0.05) is 25.0 Å². The van der Waals surface area contributed by atoms with E-state index in [0.717, 1.165) is 37.9 Å². The molecule has 1 amide bonds. The van der Waals surface area contributed by atoms with Crippen LogP contribution in [0.2, 0.25) is 0 Å². The summed E-state index contributed by atoms with van der Waals surface area (Å²) in [6, 6.07) is 6.51. The minimum Gasteiger partial charge on any atom is -0.341 e. The molecule has 0 spiro atoms. The number of carbonyl (C=O) groups is 1. The molecule has 2 aliphatic rings. The van der Waals surface area contributed by atoms with Crippen LogP contribution in [0.4, 0.5) is 4.39 Å². The number of fused-ring (bicyclic) bond motifs is 1. The van der Waals surface area contributed by atoms with Crippen LogP contribution in [0.25, 0.3) is 0 Å². The molecule has 1 aliphatic carbocycles. The maximum Gasteiger partial charge on any atom is 0.230 e. The Labute approximate surface area is 137 Å². The molecule has 0 bridgehead atoms. The Morgan fingerprint density at radius 3 is 3.05 bits per heavy atom. The Morgan fingerprint density at radius 1 is 1.45 bits per heavy atom. The van der Waals surface area contributed by atoms with Gasteiger partial charge in [-0.2, -0.15) is 0 Å². The molecule has 1 N–H and O–H groups in total. The molecule has 3 nitrogen and oxygen atoms in total. The number of nitrogens with zero attached hydrogens (tertiary/aromatic N) is 1. The number of nitrogens with one attached hydrogen (secondary N) is 1. The molecule has 2 atom stereocenters. The molecule has 122 valence electrons. The first-order chi connectivity index (χ1) is 10.1. The van der Waals surface area contributed by atoms with E-state index in [-0.39, 0.29) is 29.5 Å². The predicted octanol–water partition coefficient (Wildman–Crippen LogP) is 2.99. The molecule has 1 aromatic carbocycles. The molecule has 1 saturated carbocycles. The number of benzene rings is 1. The number of rotatable bonds is 3. The lowest BCUT2D eigenvalue weighted by molar-refractivity contribution is -0.144. The molecule has 22 heavy (non-hydrogen) atoms. The molecule has 1 heterocycles. The smallest absolute Gasteiger partial charge is 0.230 e. The van der Waals surface area contributed by atoms with Crippen molar-refractivity contribution in [3.63, 3.8) is 0 Å². The van der Waals surface area contributed by atoms with E-state index in [4.69, 9.17) is 0 Å². The van der Waals surface area contributed by atoms with Gasteiger partial charge in [0, 0.05) is 20.1 Å². The van der Waals surface area contributed by atoms with Crippen molar-refractivity contribution in [3.05, 3.63) is 35.6 Å². The van der Waals surface area contributed by atoms with Gasteiger partial charge < -0.3 is 10.2 Å². The number of hydrogen-bond acceptors (Lipinski definition) is 2. The summed E-state index contributed by atoms with van der Waals surface area (Å²) in [6.45, 7) is 2.23. The van der Waals surface area contributed by atoms with E-state index in [1.807, 2.05) is 13.1 Å².